The molecule has 0 atom stereocenters. The van der Waals surface area contributed by atoms with Crippen molar-refractivity contribution in [2.24, 2.45) is 0 Å². The van der Waals surface area contributed by atoms with Gasteiger partial charge in [0, 0.05) is 17.7 Å². The van der Waals surface area contributed by atoms with E-state index in [2.05, 4.69) is 16.7 Å². The number of rotatable bonds is 6. The first kappa shape index (κ1) is 18.6. The third-order valence-corrected chi connectivity index (χ3v) is 4.46. The van der Waals surface area contributed by atoms with Crippen molar-refractivity contribution in [1.82, 2.24) is 15.0 Å². The Morgan fingerprint density at radius 2 is 1.96 bits per heavy atom. The van der Waals surface area contributed by atoms with Crippen LogP contribution in [0.4, 0.5) is 0 Å². The maximum Gasteiger partial charge on any atom is 0.254 e. The third kappa shape index (κ3) is 4.31. The molecule has 1 aromatic heterocycles. The summed E-state index contributed by atoms with van der Waals surface area (Å²) in [6, 6.07) is 13.6. The quantitative estimate of drug-likeness (QED) is 0.607. The number of amides is 1. The van der Waals surface area contributed by atoms with Crippen LogP contribution in [0.3, 0.4) is 0 Å². The molecule has 0 radical (unpaired) electrons. The van der Waals surface area contributed by atoms with E-state index in [0.717, 1.165) is 22.3 Å². The molecule has 2 aromatic carbocycles. The summed E-state index contributed by atoms with van der Waals surface area (Å²) >= 11 is 0. The zero-order valence-corrected chi connectivity index (χ0v) is 15.9. The molecule has 0 fully saturated rings. The van der Waals surface area contributed by atoms with Crippen LogP contribution in [0.25, 0.3) is 11.4 Å². The van der Waals surface area contributed by atoms with Crippen LogP contribution in [0.1, 0.15) is 32.9 Å². The molecular weight excluding hydrogens is 338 g/mol. The second-order valence-corrected chi connectivity index (χ2v) is 6.65. The Labute approximate surface area is 159 Å². The van der Waals surface area contributed by atoms with Gasteiger partial charge in [0.05, 0.1) is 0 Å². The molecule has 0 unspecified atom stereocenters. The van der Waals surface area contributed by atoms with Crippen LogP contribution in [-0.2, 0) is 6.54 Å². The predicted octanol–water partition coefficient (Wildman–Crippen LogP) is 4.49. The molecule has 1 heterocycles. The average Bonchev–Trinajstić information content (AvgIpc) is 3.12. The molecule has 138 valence electrons. The number of aromatic nitrogens is 2. The summed E-state index contributed by atoms with van der Waals surface area (Å²) in [5, 5.41) is 4.05. The van der Waals surface area contributed by atoms with Gasteiger partial charge >= 0.3 is 0 Å². The Hall–Kier alpha value is -3.21. The maximum absolute atomic E-state index is 12.9. The molecule has 0 N–H and O–H groups in total. The van der Waals surface area contributed by atoms with Crippen molar-refractivity contribution < 1.29 is 9.32 Å². The Morgan fingerprint density at radius 1 is 1.15 bits per heavy atom. The molecule has 0 bridgehead atoms. The summed E-state index contributed by atoms with van der Waals surface area (Å²) in [5.74, 6) is 0.824. The molecule has 0 aliphatic rings. The van der Waals surface area contributed by atoms with E-state index in [4.69, 9.17) is 4.52 Å². The topological polar surface area (TPSA) is 59.2 Å². The van der Waals surface area contributed by atoms with Gasteiger partial charge in [-0.25, -0.2) is 0 Å². The minimum atomic E-state index is -0.0895. The average molecular weight is 361 g/mol. The fraction of sp³-hybridized carbons (Fsp3) is 0.227. The van der Waals surface area contributed by atoms with E-state index >= 15 is 0 Å². The van der Waals surface area contributed by atoms with Crippen molar-refractivity contribution in [1.29, 1.82) is 0 Å². The van der Waals surface area contributed by atoms with Crippen LogP contribution in [0.5, 0.6) is 0 Å². The highest BCUT2D eigenvalue weighted by Gasteiger charge is 2.19. The van der Waals surface area contributed by atoms with Gasteiger partial charge in [0.25, 0.3) is 5.91 Å². The van der Waals surface area contributed by atoms with E-state index in [1.54, 1.807) is 11.0 Å². The number of hydrogen-bond donors (Lipinski definition) is 0. The van der Waals surface area contributed by atoms with Crippen LogP contribution in [-0.4, -0.2) is 27.5 Å². The van der Waals surface area contributed by atoms with Gasteiger partial charge in [-0.3, -0.25) is 4.79 Å². The van der Waals surface area contributed by atoms with Gasteiger partial charge < -0.3 is 9.42 Å². The molecule has 0 aliphatic carbocycles. The van der Waals surface area contributed by atoms with E-state index in [1.807, 2.05) is 63.2 Å². The Balaban J connectivity index is 1.81. The zero-order chi connectivity index (χ0) is 19.4. The number of aryl methyl sites for hydroxylation is 3. The second-order valence-electron chi connectivity index (χ2n) is 6.65. The summed E-state index contributed by atoms with van der Waals surface area (Å²) in [6.07, 6.45) is 1.69. The predicted molar refractivity (Wildman–Crippen MR) is 105 cm³/mol. The van der Waals surface area contributed by atoms with Crippen LogP contribution in [0.2, 0.25) is 0 Å². The summed E-state index contributed by atoms with van der Waals surface area (Å²) < 4.78 is 5.38. The maximum atomic E-state index is 12.9. The zero-order valence-electron chi connectivity index (χ0n) is 15.9. The number of carbonyl (C=O) groups is 1. The fourth-order valence-corrected chi connectivity index (χ4v) is 2.82. The molecule has 0 saturated carbocycles. The molecule has 3 aromatic rings. The highest BCUT2D eigenvalue weighted by Crippen LogP contribution is 2.18. The SMILES string of the molecule is C=CCN(Cc1nc(-c2cccc(C)c2)no1)C(=O)c1ccc(C)c(C)c1. The lowest BCUT2D eigenvalue weighted by Crippen LogP contribution is -2.31. The van der Waals surface area contributed by atoms with E-state index in [0.29, 0.717) is 23.8 Å². The lowest BCUT2D eigenvalue weighted by molar-refractivity contribution is 0.0745. The lowest BCUT2D eigenvalue weighted by atomic mass is 10.1. The minimum Gasteiger partial charge on any atom is -0.337 e. The largest absolute Gasteiger partial charge is 0.337 e. The third-order valence-electron chi connectivity index (χ3n) is 4.46. The van der Waals surface area contributed by atoms with E-state index in [9.17, 15) is 4.79 Å². The van der Waals surface area contributed by atoms with E-state index in [-0.39, 0.29) is 12.5 Å². The van der Waals surface area contributed by atoms with Crippen LogP contribution in [0.15, 0.2) is 59.6 Å². The molecule has 5 nitrogen and oxygen atoms in total. The van der Waals surface area contributed by atoms with Gasteiger partial charge in [0.2, 0.25) is 11.7 Å². The van der Waals surface area contributed by atoms with Gasteiger partial charge in [0.1, 0.15) is 6.54 Å². The Bertz CT molecular complexity index is 975. The van der Waals surface area contributed by atoms with E-state index < -0.39 is 0 Å². The molecule has 0 saturated heterocycles. The number of benzene rings is 2. The fourth-order valence-electron chi connectivity index (χ4n) is 2.82. The Kier molecular flexibility index (Phi) is 5.50. The summed E-state index contributed by atoms with van der Waals surface area (Å²) in [7, 11) is 0. The second kappa shape index (κ2) is 7.99. The lowest BCUT2D eigenvalue weighted by Gasteiger charge is -2.19. The van der Waals surface area contributed by atoms with Gasteiger partial charge in [-0.1, -0.05) is 41.1 Å². The Morgan fingerprint density at radius 3 is 2.67 bits per heavy atom. The molecule has 0 spiro atoms. The number of carbonyl (C=O) groups excluding carboxylic acids is 1. The highest BCUT2D eigenvalue weighted by molar-refractivity contribution is 5.94. The van der Waals surface area contributed by atoms with Crippen molar-refractivity contribution in [2.75, 3.05) is 6.54 Å². The first-order chi connectivity index (χ1) is 13.0. The van der Waals surface area contributed by atoms with Gasteiger partial charge in [0.15, 0.2) is 0 Å². The van der Waals surface area contributed by atoms with Crippen molar-refractivity contribution in [3.8, 4) is 11.4 Å². The van der Waals surface area contributed by atoms with Crippen LogP contribution >= 0.6 is 0 Å². The molecule has 0 aliphatic heterocycles. The minimum absolute atomic E-state index is 0.0895. The van der Waals surface area contributed by atoms with Gasteiger partial charge in [-0.15, -0.1) is 6.58 Å². The smallest absolute Gasteiger partial charge is 0.254 e. The molecule has 5 heteroatoms. The molecule has 27 heavy (non-hydrogen) atoms. The first-order valence-electron chi connectivity index (χ1n) is 8.85. The summed E-state index contributed by atoms with van der Waals surface area (Å²) in [4.78, 5) is 19.0. The van der Waals surface area contributed by atoms with Crippen LogP contribution in [0, 0.1) is 20.8 Å². The van der Waals surface area contributed by atoms with E-state index in [1.165, 1.54) is 0 Å². The first-order valence-corrected chi connectivity index (χ1v) is 8.85. The van der Waals surface area contributed by atoms with Crippen molar-refractivity contribution in [2.45, 2.75) is 27.3 Å². The summed E-state index contributed by atoms with van der Waals surface area (Å²) in [5.41, 5.74) is 4.89. The number of nitrogens with zero attached hydrogens (tertiary/aromatic N) is 3. The molecular formula is C22H23N3O2. The van der Waals surface area contributed by atoms with Gasteiger partial charge in [-0.05, 0) is 50.1 Å². The van der Waals surface area contributed by atoms with Gasteiger partial charge in [-0.2, -0.15) is 4.98 Å². The van der Waals surface area contributed by atoms with Crippen molar-refractivity contribution in [3.63, 3.8) is 0 Å². The van der Waals surface area contributed by atoms with Crippen molar-refractivity contribution in [3.05, 3.63) is 83.3 Å². The molecule has 3 rings (SSSR count). The monoisotopic (exact) mass is 361 g/mol. The normalized spacial score (nSPS) is 10.6. The molecule has 1 amide bonds. The number of hydrogen-bond acceptors (Lipinski definition) is 4. The summed E-state index contributed by atoms with van der Waals surface area (Å²) in [6.45, 7) is 10.4. The highest BCUT2D eigenvalue weighted by atomic mass is 16.5. The van der Waals surface area contributed by atoms with Crippen LogP contribution < -0.4 is 0 Å². The van der Waals surface area contributed by atoms with Crippen molar-refractivity contribution >= 4 is 5.91 Å². The standard InChI is InChI=1S/C22H23N3O2/c1-5-11-25(22(26)19-10-9-16(3)17(4)13-19)14-20-23-21(24-27-20)18-8-6-7-15(2)12-18/h5-10,12-13H,1,11,14H2,2-4H3.